The minimum absolute atomic E-state index is 0.103. The number of hydrogen-bond donors (Lipinski definition) is 2. The van der Waals surface area contributed by atoms with Gasteiger partial charge in [-0.25, -0.2) is 9.78 Å². The second kappa shape index (κ2) is 8.69. The van der Waals surface area contributed by atoms with E-state index in [1.54, 1.807) is 31.2 Å². The molecule has 0 bridgehead atoms. The van der Waals surface area contributed by atoms with Crippen molar-refractivity contribution in [3.63, 3.8) is 0 Å². The minimum Gasteiger partial charge on any atom is -0.462 e. The molecule has 0 radical (unpaired) electrons. The van der Waals surface area contributed by atoms with Gasteiger partial charge < -0.3 is 15.0 Å². The third kappa shape index (κ3) is 4.76. The number of aromatic nitrogens is 2. The predicted octanol–water partition coefficient (Wildman–Crippen LogP) is 4.43. The van der Waals surface area contributed by atoms with Crippen LogP contribution in [0.4, 0.5) is 5.69 Å². The number of carbonyl (C=O) groups is 2. The Labute approximate surface area is 164 Å². The number of nitrogens with one attached hydrogen (secondary N) is 2. The fourth-order valence-electron chi connectivity index (χ4n) is 2.93. The number of imidazole rings is 1. The zero-order valence-corrected chi connectivity index (χ0v) is 16.4. The molecule has 6 heteroatoms. The summed E-state index contributed by atoms with van der Waals surface area (Å²) in [4.78, 5) is 32.0. The molecule has 0 fully saturated rings. The summed E-state index contributed by atoms with van der Waals surface area (Å²) in [6.07, 6.45) is 0.968. The van der Waals surface area contributed by atoms with Gasteiger partial charge in [0.2, 0.25) is 5.91 Å². The van der Waals surface area contributed by atoms with Crippen LogP contribution in [0, 0.1) is 0 Å². The number of carbonyl (C=O) groups excluding carboxylic acids is 2. The number of anilines is 1. The molecular weight excluding hydrogens is 354 g/mol. The molecule has 0 saturated carbocycles. The molecule has 1 amide bonds. The molecule has 6 nitrogen and oxygen atoms in total. The Morgan fingerprint density at radius 1 is 1.18 bits per heavy atom. The summed E-state index contributed by atoms with van der Waals surface area (Å²) in [6, 6.07) is 12.8. The fourth-order valence-corrected chi connectivity index (χ4v) is 2.93. The van der Waals surface area contributed by atoms with Crippen LogP contribution in [0.5, 0.6) is 0 Å². The third-order valence-corrected chi connectivity index (χ3v) is 4.41. The molecule has 0 aliphatic rings. The molecule has 1 aromatic heterocycles. The highest BCUT2D eigenvalue weighted by molar-refractivity contribution is 5.94. The maximum atomic E-state index is 12.3. The van der Waals surface area contributed by atoms with E-state index in [-0.39, 0.29) is 5.91 Å². The van der Waals surface area contributed by atoms with Crippen molar-refractivity contribution >= 4 is 28.6 Å². The molecule has 3 aromatic rings. The summed E-state index contributed by atoms with van der Waals surface area (Å²) in [6.45, 7) is 6.27. The lowest BCUT2D eigenvalue weighted by Gasteiger charge is -2.07. The number of benzene rings is 2. The van der Waals surface area contributed by atoms with Crippen molar-refractivity contribution in [2.24, 2.45) is 0 Å². The Morgan fingerprint density at radius 2 is 2.00 bits per heavy atom. The fraction of sp³-hybridized carbons (Fsp3) is 0.318. The molecule has 0 aliphatic carbocycles. The van der Waals surface area contributed by atoms with Gasteiger partial charge in [0.25, 0.3) is 0 Å². The Balaban J connectivity index is 1.60. The van der Waals surface area contributed by atoms with Gasteiger partial charge in [-0.1, -0.05) is 26.0 Å². The normalized spacial score (nSPS) is 11.0. The minimum atomic E-state index is -0.396. The summed E-state index contributed by atoms with van der Waals surface area (Å²) < 4.78 is 4.99. The molecule has 28 heavy (non-hydrogen) atoms. The zero-order chi connectivity index (χ0) is 20.1. The second-order valence-corrected chi connectivity index (χ2v) is 6.98. The van der Waals surface area contributed by atoms with Gasteiger partial charge in [-0.3, -0.25) is 4.79 Å². The lowest BCUT2D eigenvalue weighted by atomic mass is 10.1. The summed E-state index contributed by atoms with van der Waals surface area (Å²) in [5.74, 6) is 0.805. The number of aryl methyl sites for hydroxylation is 1. The third-order valence-electron chi connectivity index (χ3n) is 4.41. The van der Waals surface area contributed by atoms with E-state index in [1.165, 1.54) is 0 Å². The number of esters is 1. The number of nitrogens with zero attached hydrogens (tertiary/aromatic N) is 1. The summed E-state index contributed by atoms with van der Waals surface area (Å²) in [5, 5.41) is 2.84. The van der Waals surface area contributed by atoms with E-state index in [4.69, 9.17) is 4.74 Å². The average molecular weight is 379 g/mol. The van der Waals surface area contributed by atoms with Crippen LogP contribution in [0.2, 0.25) is 0 Å². The number of H-pyrrole nitrogens is 1. The van der Waals surface area contributed by atoms with Gasteiger partial charge in [-0.05, 0) is 49.2 Å². The van der Waals surface area contributed by atoms with E-state index in [9.17, 15) is 9.59 Å². The lowest BCUT2D eigenvalue weighted by molar-refractivity contribution is -0.116. The molecule has 2 N–H and O–H groups in total. The summed E-state index contributed by atoms with van der Waals surface area (Å²) in [7, 11) is 0. The van der Waals surface area contributed by atoms with Gasteiger partial charge in [0.15, 0.2) is 0 Å². The van der Waals surface area contributed by atoms with Crippen LogP contribution in [-0.2, 0) is 16.0 Å². The monoisotopic (exact) mass is 379 g/mol. The average Bonchev–Trinajstić information content (AvgIpc) is 3.10. The van der Waals surface area contributed by atoms with Crippen molar-refractivity contribution in [2.75, 3.05) is 11.9 Å². The highest BCUT2D eigenvalue weighted by Gasteiger charge is 2.10. The number of amides is 1. The van der Waals surface area contributed by atoms with Crippen LogP contribution in [0.15, 0.2) is 42.5 Å². The lowest BCUT2D eigenvalue weighted by Crippen LogP contribution is -2.13. The number of rotatable bonds is 7. The first-order chi connectivity index (χ1) is 13.5. The first-order valence-electron chi connectivity index (χ1n) is 9.52. The van der Waals surface area contributed by atoms with E-state index in [1.807, 2.05) is 18.2 Å². The van der Waals surface area contributed by atoms with Gasteiger partial charge in [0.05, 0.1) is 23.2 Å². The quantitative estimate of drug-likeness (QED) is 0.595. The van der Waals surface area contributed by atoms with Crippen molar-refractivity contribution in [3.8, 4) is 0 Å². The summed E-state index contributed by atoms with van der Waals surface area (Å²) in [5.41, 5.74) is 4.00. The van der Waals surface area contributed by atoms with Crippen LogP contribution in [0.1, 0.15) is 54.9 Å². The van der Waals surface area contributed by atoms with Crippen LogP contribution in [-0.4, -0.2) is 28.5 Å². The number of aromatic amines is 1. The van der Waals surface area contributed by atoms with Crippen molar-refractivity contribution < 1.29 is 14.3 Å². The molecular formula is C22H25N3O3. The van der Waals surface area contributed by atoms with Gasteiger partial charge in [-0.15, -0.1) is 0 Å². The Kier molecular flexibility index (Phi) is 6.09. The molecule has 0 atom stereocenters. The van der Waals surface area contributed by atoms with Crippen molar-refractivity contribution in [1.82, 2.24) is 9.97 Å². The molecule has 0 unspecified atom stereocenters. The Morgan fingerprint density at radius 3 is 2.75 bits per heavy atom. The second-order valence-electron chi connectivity index (χ2n) is 6.98. The largest absolute Gasteiger partial charge is 0.462 e. The van der Waals surface area contributed by atoms with E-state index in [2.05, 4.69) is 29.1 Å². The maximum absolute atomic E-state index is 12.3. The maximum Gasteiger partial charge on any atom is 0.338 e. The first kappa shape index (κ1) is 19.6. The van der Waals surface area contributed by atoms with Crippen LogP contribution in [0.3, 0.4) is 0 Å². The first-order valence-corrected chi connectivity index (χ1v) is 9.52. The topological polar surface area (TPSA) is 84.1 Å². The van der Waals surface area contributed by atoms with Crippen LogP contribution >= 0.6 is 0 Å². The molecule has 3 rings (SSSR count). The highest BCUT2D eigenvalue weighted by Crippen LogP contribution is 2.19. The number of hydrogen-bond acceptors (Lipinski definition) is 4. The standard InChI is InChI=1S/C22H25N3O3/c1-4-28-22(27)16-6-5-7-17(13-16)23-20(26)11-9-15-8-10-18-19(12-15)25-21(24-18)14(2)3/h5-8,10,12-14H,4,9,11H2,1-3H3,(H,23,26)(H,24,25). The summed E-state index contributed by atoms with van der Waals surface area (Å²) >= 11 is 0. The SMILES string of the molecule is CCOC(=O)c1cccc(NC(=O)CCc2ccc3nc(C(C)C)[nH]c3c2)c1. The van der Waals surface area contributed by atoms with Crippen molar-refractivity contribution in [3.05, 3.63) is 59.4 Å². The van der Waals surface area contributed by atoms with Gasteiger partial charge in [0.1, 0.15) is 5.82 Å². The Bertz CT molecular complexity index is 992. The highest BCUT2D eigenvalue weighted by atomic mass is 16.5. The molecule has 146 valence electrons. The molecule has 0 aliphatic heterocycles. The van der Waals surface area contributed by atoms with Crippen LogP contribution in [0.25, 0.3) is 11.0 Å². The Hall–Kier alpha value is -3.15. The number of fused-ring (bicyclic) bond motifs is 1. The molecule has 0 spiro atoms. The zero-order valence-electron chi connectivity index (χ0n) is 16.4. The van der Waals surface area contributed by atoms with Crippen LogP contribution < -0.4 is 5.32 Å². The van der Waals surface area contributed by atoms with E-state index in [0.29, 0.717) is 36.6 Å². The van der Waals surface area contributed by atoms with Gasteiger partial charge in [0, 0.05) is 18.0 Å². The predicted molar refractivity (Wildman–Crippen MR) is 110 cm³/mol. The molecule has 0 saturated heterocycles. The molecule has 2 aromatic carbocycles. The van der Waals surface area contributed by atoms with Gasteiger partial charge >= 0.3 is 5.97 Å². The van der Waals surface area contributed by atoms with E-state index in [0.717, 1.165) is 22.4 Å². The van der Waals surface area contributed by atoms with Crippen molar-refractivity contribution in [2.45, 2.75) is 39.5 Å². The van der Waals surface area contributed by atoms with E-state index >= 15 is 0 Å². The molecule has 1 heterocycles. The van der Waals surface area contributed by atoms with E-state index < -0.39 is 5.97 Å². The smallest absolute Gasteiger partial charge is 0.338 e. The van der Waals surface area contributed by atoms with Crippen molar-refractivity contribution in [1.29, 1.82) is 0 Å². The van der Waals surface area contributed by atoms with Gasteiger partial charge in [-0.2, -0.15) is 0 Å². The number of ether oxygens (including phenoxy) is 1.